The summed E-state index contributed by atoms with van der Waals surface area (Å²) in [4.78, 5) is 3.67. The van der Waals surface area contributed by atoms with Gasteiger partial charge in [-0.3, -0.25) is 0 Å². The minimum absolute atomic E-state index is 0.323. The van der Waals surface area contributed by atoms with Crippen LogP contribution in [0.1, 0.15) is 28.4 Å². The molecule has 108 valence electrons. The summed E-state index contributed by atoms with van der Waals surface area (Å²) in [5.74, 6) is 0. The Balaban J connectivity index is 1.62. The highest BCUT2D eigenvalue weighted by Gasteiger charge is 2.28. The lowest BCUT2D eigenvalue weighted by Gasteiger charge is -2.25. The molecule has 22 heavy (non-hydrogen) atoms. The van der Waals surface area contributed by atoms with Crippen LogP contribution in [-0.4, -0.2) is 11.5 Å². The van der Waals surface area contributed by atoms with Crippen LogP contribution in [0.5, 0.6) is 0 Å². The molecule has 0 saturated heterocycles. The topological polar surface area (TPSA) is 27.8 Å². The van der Waals surface area contributed by atoms with E-state index in [1.54, 1.807) is 0 Å². The molecule has 2 aliphatic rings. The van der Waals surface area contributed by atoms with Gasteiger partial charge in [-0.05, 0) is 41.2 Å². The third-order valence-corrected chi connectivity index (χ3v) is 5.02. The van der Waals surface area contributed by atoms with Crippen LogP contribution in [0.2, 0.25) is 0 Å². The predicted octanol–water partition coefficient (Wildman–Crippen LogP) is 3.99. The summed E-state index contributed by atoms with van der Waals surface area (Å²) in [6.07, 6.45) is 4.53. The molecule has 0 saturated carbocycles. The first kappa shape index (κ1) is 12.2. The molecule has 2 nitrogen and oxygen atoms in total. The van der Waals surface area contributed by atoms with Crippen molar-refractivity contribution in [2.45, 2.75) is 18.9 Å². The average molecular weight is 286 g/mol. The molecule has 2 aromatic carbocycles. The van der Waals surface area contributed by atoms with E-state index in [1.807, 2.05) is 0 Å². The SMILES string of the molecule is C1=C(C2NCCc3c2[nH]c2ccccc32)Cc2ccccc21. The second-order valence-corrected chi connectivity index (χ2v) is 6.29. The van der Waals surface area contributed by atoms with Gasteiger partial charge in [-0.1, -0.05) is 48.5 Å². The molecule has 1 aliphatic carbocycles. The van der Waals surface area contributed by atoms with Gasteiger partial charge in [-0.2, -0.15) is 0 Å². The number of hydrogen-bond acceptors (Lipinski definition) is 1. The number of aromatic nitrogens is 1. The maximum Gasteiger partial charge on any atom is 0.0698 e. The smallest absolute Gasteiger partial charge is 0.0698 e. The van der Waals surface area contributed by atoms with Crippen molar-refractivity contribution >= 4 is 17.0 Å². The molecule has 2 N–H and O–H groups in total. The number of benzene rings is 2. The summed E-state index contributed by atoms with van der Waals surface area (Å²) in [5.41, 5.74) is 8.43. The van der Waals surface area contributed by atoms with Gasteiger partial charge in [0.05, 0.1) is 6.04 Å². The van der Waals surface area contributed by atoms with Gasteiger partial charge in [0, 0.05) is 23.1 Å². The van der Waals surface area contributed by atoms with Crippen molar-refractivity contribution in [3.8, 4) is 0 Å². The molecule has 1 aliphatic heterocycles. The molecule has 2 heterocycles. The Kier molecular flexibility index (Phi) is 2.55. The van der Waals surface area contributed by atoms with Crippen molar-refractivity contribution in [2.24, 2.45) is 0 Å². The van der Waals surface area contributed by atoms with E-state index in [0.29, 0.717) is 6.04 Å². The number of H-pyrrole nitrogens is 1. The Bertz CT molecular complexity index is 901. The highest BCUT2D eigenvalue weighted by Crippen LogP contribution is 2.38. The predicted molar refractivity (Wildman–Crippen MR) is 90.9 cm³/mol. The molecule has 1 unspecified atom stereocenters. The average Bonchev–Trinajstić information content (AvgIpc) is 3.15. The van der Waals surface area contributed by atoms with Crippen molar-refractivity contribution < 1.29 is 0 Å². The maximum atomic E-state index is 3.71. The largest absolute Gasteiger partial charge is 0.357 e. The lowest BCUT2D eigenvalue weighted by atomic mass is 9.93. The molecule has 0 bridgehead atoms. The maximum absolute atomic E-state index is 3.71. The zero-order valence-electron chi connectivity index (χ0n) is 12.4. The van der Waals surface area contributed by atoms with E-state index in [1.165, 1.54) is 38.9 Å². The third-order valence-electron chi connectivity index (χ3n) is 5.02. The molecule has 0 fully saturated rings. The molecule has 0 radical (unpaired) electrons. The van der Waals surface area contributed by atoms with Crippen LogP contribution in [0.3, 0.4) is 0 Å². The Hall–Kier alpha value is -2.32. The standard InChI is InChI=1S/C20H18N2/c1-2-6-14-12-15(11-13(14)5-1)19-20-17(9-10-21-19)16-7-3-4-8-18(16)22-20/h1-8,11,19,21-22H,9-10,12H2. The Morgan fingerprint density at radius 2 is 1.82 bits per heavy atom. The number of para-hydroxylation sites is 1. The second-order valence-electron chi connectivity index (χ2n) is 6.29. The second kappa shape index (κ2) is 4.59. The van der Waals surface area contributed by atoms with E-state index >= 15 is 0 Å². The Labute approximate surface area is 129 Å². The fourth-order valence-electron chi connectivity index (χ4n) is 3.99. The van der Waals surface area contributed by atoms with E-state index in [4.69, 9.17) is 0 Å². The molecule has 5 rings (SSSR count). The van der Waals surface area contributed by atoms with Gasteiger partial charge in [-0.25, -0.2) is 0 Å². The zero-order chi connectivity index (χ0) is 14.5. The van der Waals surface area contributed by atoms with Gasteiger partial charge in [0.1, 0.15) is 0 Å². The summed E-state index contributed by atoms with van der Waals surface area (Å²) in [6, 6.07) is 17.7. The summed E-state index contributed by atoms with van der Waals surface area (Å²) in [7, 11) is 0. The first-order chi connectivity index (χ1) is 10.9. The molecule has 2 heteroatoms. The van der Waals surface area contributed by atoms with Crippen LogP contribution in [0.25, 0.3) is 17.0 Å². The van der Waals surface area contributed by atoms with Crippen molar-refractivity contribution in [1.29, 1.82) is 0 Å². The monoisotopic (exact) mass is 286 g/mol. The molecule has 0 spiro atoms. The van der Waals surface area contributed by atoms with Crippen molar-refractivity contribution in [3.05, 3.63) is 76.5 Å². The highest BCUT2D eigenvalue weighted by molar-refractivity contribution is 5.85. The van der Waals surface area contributed by atoms with Crippen LogP contribution in [-0.2, 0) is 12.8 Å². The molecular formula is C20H18N2. The zero-order valence-corrected chi connectivity index (χ0v) is 12.4. The van der Waals surface area contributed by atoms with Gasteiger partial charge >= 0.3 is 0 Å². The van der Waals surface area contributed by atoms with Gasteiger partial charge in [0.15, 0.2) is 0 Å². The minimum Gasteiger partial charge on any atom is -0.357 e. The fourth-order valence-corrected chi connectivity index (χ4v) is 3.99. The van der Waals surface area contributed by atoms with Gasteiger partial charge in [0.25, 0.3) is 0 Å². The summed E-state index contributed by atoms with van der Waals surface area (Å²) in [5, 5.41) is 5.10. The summed E-state index contributed by atoms with van der Waals surface area (Å²) in [6.45, 7) is 1.05. The number of hydrogen-bond donors (Lipinski definition) is 2. The van der Waals surface area contributed by atoms with Crippen LogP contribution in [0, 0.1) is 0 Å². The molecule has 0 amide bonds. The number of rotatable bonds is 1. The summed E-state index contributed by atoms with van der Waals surface area (Å²) < 4.78 is 0. The van der Waals surface area contributed by atoms with E-state index in [-0.39, 0.29) is 0 Å². The molecule has 3 aromatic rings. The van der Waals surface area contributed by atoms with Crippen LogP contribution in [0.15, 0.2) is 54.1 Å². The van der Waals surface area contributed by atoms with Crippen molar-refractivity contribution in [2.75, 3.05) is 6.54 Å². The summed E-state index contributed by atoms with van der Waals surface area (Å²) >= 11 is 0. The van der Waals surface area contributed by atoms with E-state index < -0.39 is 0 Å². The van der Waals surface area contributed by atoms with E-state index in [9.17, 15) is 0 Å². The lowest BCUT2D eigenvalue weighted by molar-refractivity contribution is 0.548. The van der Waals surface area contributed by atoms with E-state index in [0.717, 1.165) is 19.4 Å². The van der Waals surface area contributed by atoms with Crippen molar-refractivity contribution in [1.82, 2.24) is 10.3 Å². The molecular weight excluding hydrogens is 268 g/mol. The minimum atomic E-state index is 0.323. The van der Waals surface area contributed by atoms with E-state index in [2.05, 4.69) is 64.9 Å². The van der Waals surface area contributed by atoms with Crippen molar-refractivity contribution in [3.63, 3.8) is 0 Å². The highest BCUT2D eigenvalue weighted by atomic mass is 15.0. The van der Waals surface area contributed by atoms with Gasteiger partial charge in [0.2, 0.25) is 0 Å². The normalized spacial score (nSPS) is 19.8. The third kappa shape index (κ3) is 1.71. The molecule has 1 aromatic heterocycles. The van der Waals surface area contributed by atoms with Crippen LogP contribution in [0.4, 0.5) is 0 Å². The van der Waals surface area contributed by atoms with Gasteiger partial charge < -0.3 is 10.3 Å². The first-order valence-corrected chi connectivity index (χ1v) is 8.01. The quantitative estimate of drug-likeness (QED) is 0.695. The lowest BCUT2D eigenvalue weighted by Crippen LogP contribution is -2.31. The Morgan fingerprint density at radius 1 is 0.955 bits per heavy atom. The van der Waals surface area contributed by atoms with Crippen LogP contribution < -0.4 is 5.32 Å². The fraction of sp³-hybridized carbons (Fsp3) is 0.200. The van der Waals surface area contributed by atoms with Crippen LogP contribution >= 0.6 is 0 Å². The number of fused-ring (bicyclic) bond motifs is 4. The number of aromatic amines is 1. The molecule has 1 atom stereocenters. The Morgan fingerprint density at radius 3 is 2.77 bits per heavy atom. The van der Waals surface area contributed by atoms with Gasteiger partial charge in [-0.15, -0.1) is 0 Å². The first-order valence-electron chi connectivity index (χ1n) is 8.01. The number of nitrogens with one attached hydrogen (secondary N) is 2.